The fourth-order valence-electron chi connectivity index (χ4n) is 2.58. The van der Waals surface area contributed by atoms with Gasteiger partial charge in [-0.15, -0.1) is 0 Å². The van der Waals surface area contributed by atoms with Gasteiger partial charge in [0, 0.05) is 6.54 Å². The summed E-state index contributed by atoms with van der Waals surface area (Å²) >= 11 is 0. The number of halogens is 1. The minimum absolute atomic E-state index is 0.130. The van der Waals surface area contributed by atoms with E-state index in [0.29, 0.717) is 12.5 Å². The van der Waals surface area contributed by atoms with Crippen LogP contribution in [0.25, 0.3) is 0 Å². The zero-order valence-electron chi connectivity index (χ0n) is 11.7. The number of amides is 1. The van der Waals surface area contributed by atoms with Gasteiger partial charge in [0.25, 0.3) is 0 Å². The zero-order valence-corrected chi connectivity index (χ0v) is 11.7. The van der Waals surface area contributed by atoms with Crippen LogP contribution in [0.4, 0.5) is 4.39 Å². The van der Waals surface area contributed by atoms with E-state index in [1.165, 1.54) is 12.1 Å². The Hall–Kier alpha value is -1.42. The fourth-order valence-corrected chi connectivity index (χ4v) is 2.58. The molecule has 104 valence electrons. The van der Waals surface area contributed by atoms with Gasteiger partial charge in [0.2, 0.25) is 5.91 Å². The van der Waals surface area contributed by atoms with Gasteiger partial charge in [-0.2, -0.15) is 0 Å². The number of hydrogen-bond donors (Lipinski definition) is 1. The van der Waals surface area contributed by atoms with E-state index in [9.17, 15) is 9.18 Å². The van der Waals surface area contributed by atoms with E-state index in [4.69, 9.17) is 0 Å². The average molecular weight is 264 g/mol. The molecule has 1 fully saturated rings. The molecule has 1 aromatic carbocycles. The lowest BCUT2D eigenvalue weighted by Crippen LogP contribution is -2.31. The maximum Gasteiger partial charge on any atom is 0.241 e. The number of nitrogens with zero attached hydrogens (tertiary/aromatic N) is 1. The van der Waals surface area contributed by atoms with E-state index in [1.807, 2.05) is 11.8 Å². The van der Waals surface area contributed by atoms with Crippen LogP contribution in [0.2, 0.25) is 0 Å². The van der Waals surface area contributed by atoms with Crippen LogP contribution < -0.4 is 5.32 Å². The molecule has 1 heterocycles. The molecule has 0 spiro atoms. The fraction of sp³-hybridized carbons (Fsp3) is 0.533. The molecule has 4 heteroatoms. The van der Waals surface area contributed by atoms with Crippen molar-refractivity contribution in [2.24, 2.45) is 5.92 Å². The van der Waals surface area contributed by atoms with Crippen molar-refractivity contribution in [1.82, 2.24) is 10.2 Å². The summed E-state index contributed by atoms with van der Waals surface area (Å²) in [5.41, 5.74) is 0.933. The average Bonchev–Trinajstić information content (AvgIpc) is 2.66. The van der Waals surface area contributed by atoms with Crippen molar-refractivity contribution in [3.8, 4) is 0 Å². The van der Waals surface area contributed by atoms with Crippen LogP contribution in [0, 0.1) is 11.7 Å². The van der Waals surface area contributed by atoms with Gasteiger partial charge in [-0.3, -0.25) is 10.1 Å². The minimum Gasteiger partial charge on any atom is -0.322 e. The van der Waals surface area contributed by atoms with Crippen LogP contribution in [0.1, 0.15) is 38.9 Å². The molecule has 2 unspecified atom stereocenters. The van der Waals surface area contributed by atoms with E-state index in [0.717, 1.165) is 12.0 Å². The van der Waals surface area contributed by atoms with E-state index in [1.54, 1.807) is 12.1 Å². The first-order valence-corrected chi connectivity index (χ1v) is 6.85. The van der Waals surface area contributed by atoms with Gasteiger partial charge >= 0.3 is 0 Å². The van der Waals surface area contributed by atoms with Crippen molar-refractivity contribution < 1.29 is 9.18 Å². The Morgan fingerprint density at radius 2 is 1.95 bits per heavy atom. The van der Waals surface area contributed by atoms with Crippen molar-refractivity contribution in [2.45, 2.75) is 39.4 Å². The molecule has 0 saturated carbocycles. The first kappa shape index (κ1) is 14.0. The molecule has 0 aromatic heterocycles. The van der Waals surface area contributed by atoms with Crippen molar-refractivity contribution in [3.63, 3.8) is 0 Å². The highest BCUT2D eigenvalue weighted by molar-refractivity contribution is 5.84. The molecule has 1 amide bonds. The van der Waals surface area contributed by atoms with Crippen molar-refractivity contribution >= 4 is 5.91 Å². The lowest BCUT2D eigenvalue weighted by atomic mass is 10.0. The Bertz CT molecular complexity index is 444. The highest BCUT2D eigenvalue weighted by Crippen LogP contribution is 2.27. The lowest BCUT2D eigenvalue weighted by Gasteiger charge is -2.22. The summed E-state index contributed by atoms with van der Waals surface area (Å²) in [6, 6.07) is 6.22. The van der Waals surface area contributed by atoms with Crippen LogP contribution in [-0.2, 0) is 4.79 Å². The first-order chi connectivity index (χ1) is 9.02. The Labute approximate surface area is 113 Å². The number of carbonyl (C=O) groups excluding carboxylic acids is 1. The Balaban J connectivity index is 2.20. The Morgan fingerprint density at radius 3 is 2.47 bits per heavy atom. The third-order valence-corrected chi connectivity index (χ3v) is 3.49. The van der Waals surface area contributed by atoms with Gasteiger partial charge in [0.05, 0.1) is 6.04 Å². The second-order valence-electron chi connectivity index (χ2n) is 5.43. The van der Waals surface area contributed by atoms with Crippen LogP contribution in [0.15, 0.2) is 24.3 Å². The second kappa shape index (κ2) is 5.70. The van der Waals surface area contributed by atoms with Gasteiger partial charge in [-0.1, -0.05) is 26.0 Å². The van der Waals surface area contributed by atoms with Gasteiger partial charge in [0.1, 0.15) is 12.0 Å². The zero-order chi connectivity index (χ0) is 14.0. The summed E-state index contributed by atoms with van der Waals surface area (Å²) in [5, 5.41) is 3.36. The van der Waals surface area contributed by atoms with Crippen molar-refractivity contribution in [2.75, 3.05) is 6.54 Å². The van der Waals surface area contributed by atoms with E-state index in [2.05, 4.69) is 19.2 Å². The quantitative estimate of drug-likeness (QED) is 0.907. The van der Waals surface area contributed by atoms with E-state index in [-0.39, 0.29) is 23.9 Å². The SMILES string of the molecule is CCN1C(=O)C(CC(C)C)NC1c1ccc(F)cc1. The maximum absolute atomic E-state index is 13.0. The monoisotopic (exact) mass is 264 g/mol. The summed E-state index contributed by atoms with van der Waals surface area (Å²) in [7, 11) is 0. The van der Waals surface area contributed by atoms with Gasteiger partial charge in [0.15, 0.2) is 0 Å². The second-order valence-corrected chi connectivity index (χ2v) is 5.43. The topological polar surface area (TPSA) is 32.3 Å². The predicted octanol–water partition coefficient (Wildman–Crippen LogP) is 2.69. The number of hydrogen-bond acceptors (Lipinski definition) is 2. The summed E-state index contributed by atoms with van der Waals surface area (Å²) < 4.78 is 13.0. The third kappa shape index (κ3) is 2.95. The molecular weight excluding hydrogens is 243 g/mol. The highest BCUT2D eigenvalue weighted by Gasteiger charge is 2.38. The largest absolute Gasteiger partial charge is 0.322 e. The summed E-state index contributed by atoms with van der Waals surface area (Å²) in [4.78, 5) is 14.1. The van der Waals surface area contributed by atoms with Crippen molar-refractivity contribution in [3.05, 3.63) is 35.6 Å². The number of likely N-dealkylation sites (N-methyl/N-ethyl adjacent to an activating group) is 1. The third-order valence-electron chi connectivity index (χ3n) is 3.49. The molecule has 1 N–H and O–H groups in total. The lowest BCUT2D eigenvalue weighted by molar-refractivity contribution is -0.130. The normalized spacial score (nSPS) is 23.4. The van der Waals surface area contributed by atoms with Gasteiger partial charge < -0.3 is 4.90 Å². The van der Waals surface area contributed by atoms with Crippen LogP contribution in [0.5, 0.6) is 0 Å². The standard InChI is InChI=1S/C15H21FN2O/c1-4-18-14(11-5-7-12(16)8-6-11)17-13(15(18)19)9-10(2)3/h5-8,10,13-14,17H,4,9H2,1-3H3. The van der Waals surface area contributed by atoms with Gasteiger partial charge in [-0.25, -0.2) is 4.39 Å². The van der Waals surface area contributed by atoms with Crippen LogP contribution >= 0.6 is 0 Å². The Kier molecular flexibility index (Phi) is 4.20. The molecule has 2 atom stereocenters. The number of rotatable bonds is 4. The van der Waals surface area contributed by atoms with Crippen molar-refractivity contribution in [1.29, 1.82) is 0 Å². The molecule has 0 bridgehead atoms. The van der Waals surface area contributed by atoms with Gasteiger partial charge in [-0.05, 0) is 37.0 Å². The summed E-state index contributed by atoms with van der Waals surface area (Å²) in [6.07, 6.45) is 0.689. The highest BCUT2D eigenvalue weighted by atomic mass is 19.1. The molecule has 1 aliphatic heterocycles. The molecular formula is C15H21FN2O. The molecule has 0 aliphatic carbocycles. The molecule has 1 aromatic rings. The van der Waals surface area contributed by atoms with Crippen LogP contribution in [-0.4, -0.2) is 23.4 Å². The summed E-state index contributed by atoms with van der Waals surface area (Å²) in [5.74, 6) is 0.354. The van der Waals surface area contributed by atoms with E-state index >= 15 is 0 Å². The number of carbonyl (C=O) groups is 1. The molecule has 1 aliphatic rings. The molecule has 2 rings (SSSR count). The smallest absolute Gasteiger partial charge is 0.241 e. The molecule has 3 nitrogen and oxygen atoms in total. The number of benzene rings is 1. The molecule has 0 radical (unpaired) electrons. The molecule has 1 saturated heterocycles. The molecule has 19 heavy (non-hydrogen) atoms. The van der Waals surface area contributed by atoms with E-state index < -0.39 is 0 Å². The number of nitrogens with one attached hydrogen (secondary N) is 1. The minimum atomic E-state index is -0.255. The predicted molar refractivity (Wildman–Crippen MR) is 72.9 cm³/mol. The first-order valence-electron chi connectivity index (χ1n) is 6.85. The summed E-state index contributed by atoms with van der Waals surface area (Å²) in [6.45, 7) is 6.84. The maximum atomic E-state index is 13.0. The Morgan fingerprint density at radius 1 is 1.32 bits per heavy atom. The van der Waals surface area contributed by atoms with Crippen LogP contribution in [0.3, 0.4) is 0 Å².